The third-order valence-corrected chi connectivity index (χ3v) is 4.79. The largest absolute Gasteiger partial charge is 0.493 e. The fourth-order valence-corrected chi connectivity index (χ4v) is 3.48. The standard InChI is InChI=1S/C18H22N6O2/c1-25-13-6-5-11(8-14(13)26-2)16-15-17(19)21-10-22-18(15)24(23-16)12-4-3-7-20-9-12/h5-6,8,10,12,20H,3-4,7,9H2,1-2H3,(H2,19,21,22)/t12-/m1/s1. The van der Waals surface area contributed by atoms with Gasteiger partial charge in [-0.15, -0.1) is 0 Å². The molecular weight excluding hydrogens is 332 g/mol. The van der Waals surface area contributed by atoms with Crippen LogP contribution in [0.15, 0.2) is 24.5 Å². The topological polar surface area (TPSA) is 100 Å². The van der Waals surface area contributed by atoms with Gasteiger partial charge in [-0.1, -0.05) is 0 Å². The fourth-order valence-electron chi connectivity index (χ4n) is 3.48. The van der Waals surface area contributed by atoms with Crippen molar-refractivity contribution in [3.63, 3.8) is 0 Å². The Kier molecular flexibility index (Phi) is 4.34. The first-order chi connectivity index (χ1) is 12.7. The van der Waals surface area contributed by atoms with Crippen LogP contribution in [0, 0.1) is 0 Å². The van der Waals surface area contributed by atoms with Crippen molar-refractivity contribution >= 4 is 16.9 Å². The van der Waals surface area contributed by atoms with E-state index in [1.165, 1.54) is 6.33 Å². The van der Waals surface area contributed by atoms with Crippen LogP contribution in [0.1, 0.15) is 18.9 Å². The van der Waals surface area contributed by atoms with E-state index in [1.807, 2.05) is 22.9 Å². The molecule has 3 heterocycles. The van der Waals surface area contributed by atoms with E-state index in [1.54, 1.807) is 14.2 Å². The Balaban J connectivity index is 1.90. The maximum Gasteiger partial charge on any atom is 0.164 e. The van der Waals surface area contributed by atoms with Gasteiger partial charge in [-0.05, 0) is 37.6 Å². The van der Waals surface area contributed by atoms with Gasteiger partial charge in [-0.25, -0.2) is 14.6 Å². The van der Waals surface area contributed by atoms with E-state index in [2.05, 4.69) is 15.3 Å². The highest BCUT2D eigenvalue weighted by molar-refractivity contribution is 5.98. The minimum absolute atomic E-state index is 0.245. The summed E-state index contributed by atoms with van der Waals surface area (Å²) in [6.07, 6.45) is 3.65. The Bertz CT molecular complexity index is 933. The Morgan fingerprint density at radius 2 is 2.04 bits per heavy atom. The summed E-state index contributed by atoms with van der Waals surface area (Å²) in [6.45, 7) is 1.90. The molecule has 3 aromatic rings. The highest BCUT2D eigenvalue weighted by Crippen LogP contribution is 2.37. The third kappa shape index (κ3) is 2.72. The van der Waals surface area contributed by atoms with Crippen LogP contribution in [0.4, 0.5) is 5.82 Å². The molecule has 1 atom stereocenters. The van der Waals surface area contributed by atoms with Crippen LogP contribution in [0.2, 0.25) is 0 Å². The molecule has 8 nitrogen and oxygen atoms in total. The molecule has 26 heavy (non-hydrogen) atoms. The normalized spacial score (nSPS) is 17.4. The number of rotatable bonds is 4. The highest BCUT2D eigenvalue weighted by atomic mass is 16.5. The summed E-state index contributed by atoms with van der Waals surface area (Å²) < 4.78 is 12.7. The number of nitrogen functional groups attached to an aromatic ring is 1. The molecule has 0 saturated carbocycles. The summed E-state index contributed by atoms with van der Waals surface area (Å²) in [7, 11) is 3.23. The molecule has 2 aromatic heterocycles. The maximum atomic E-state index is 6.19. The van der Waals surface area contributed by atoms with Crippen molar-refractivity contribution in [2.24, 2.45) is 0 Å². The van der Waals surface area contributed by atoms with E-state index in [0.717, 1.165) is 48.2 Å². The summed E-state index contributed by atoms with van der Waals surface area (Å²) >= 11 is 0. The molecule has 1 saturated heterocycles. The zero-order valence-corrected chi connectivity index (χ0v) is 14.9. The number of nitrogens with zero attached hydrogens (tertiary/aromatic N) is 4. The first kappa shape index (κ1) is 16.6. The molecule has 0 spiro atoms. The van der Waals surface area contributed by atoms with Crippen LogP contribution in [0.5, 0.6) is 11.5 Å². The Morgan fingerprint density at radius 1 is 1.19 bits per heavy atom. The van der Waals surface area contributed by atoms with Crippen molar-refractivity contribution in [3.05, 3.63) is 24.5 Å². The number of nitrogens with two attached hydrogens (primary N) is 1. The van der Waals surface area contributed by atoms with Crippen molar-refractivity contribution in [1.29, 1.82) is 0 Å². The van der Waals surface area contributed by atoms with Gasteiger partial charge in [0.05, 0.1) is 25.6 Å². The summed E-state index contributed by atoms with van der Waals surface area (Å²) in [6, 6.07) is 5.95. The van der Waals surface area contributed by atoms with E-state index in [9.17, 15) is 0 Å². The smallest absolute Gasteiger partial charge is 0.164 e. The molecule has 1 fully saturated rings. The lowest BCUT2D eigenvalue weighted by atomic mass is 10.1. The zero-order chi connectivity index (χ0) is 18.1. The summed E-state index contributed by atoms with van der Waals surface area (Å²) in [5, 5.41) is 9.06. The van der Waals surface area contributed by atoms with Crippen LogP contribution in [0.3, 0.4) is 0 Å². The summed E-state index contributed by atoms with van der Waals surface area (Å²) in [5.74, 6) is 1.73. The van der Waals surface area contributed by atoms with Gasteiger partial charge in [0.2, 0.25) is 0 Å². The second-order valence-corrected chi connectivity index (χ2v) is 6.32. The van der Waals surface area contributed by atoms with Gasteiger partial charge in [-0.2, -0.15) is 5.10 Å². The number of ether oxygens (including phenoxy) is 2. The average Bonchev–Trinajstić information content (AvgIpc) is 3.09. The lowest BCUT2D eigenvalue weighted by Gasteiger charge is -2.23. The molecule has 1 aromatic carbocycles. The van der Waals surface area contributed by atoms with E-state index in [4.69, 9.17) is 20.3 Å². The van der Waals surface area contributed by atoms with E-state index in [0.29, 0.717) is 17.3 Å². The first-order valence-electron chi connectivity index (χ1n) is 8.64. The highest BCUT2D eigenvalue weighted by Gasteiger charge is 2.24. The van der Waals surface area contributed by atoms with Crippen molar-refractivity contribution in [2.75, 3.05) is 33.0 Å². The predicted octanol–water partition coefficient (Wildman–Crippen LogP) is 2.02. The molecule has 1 aliphatic rings. The van der Waals surface area contributed by atoms with Crippen molar-refractivity contribution in [2.45, 2.75) is 18.9 Å². The van der Waals surface area contributed by atoms with E-state index < -0.39 is 0 Å². The van der Waals surface area contributed by atoms with E-state index in [-0.39, 0.29) is 6.04 Å². The number of aromatic nitrogens is 4. The molecule has 0 aliphatic carbocycles. The predicted molar refractivity (Wildman–Crippen MR) is 99.4 cm³/mol. The number of hydrogen-bond acceptors (Lipinski definition) is 7. The third-order valence-electron chi connectivity index (χ3n) is 4.79. The van der Waals surface area contributed by atoms with Crippen LogP contribution in [0.25, 0.3) is 22.3 Å². The summed E-state index contributed by atoms with van der Waals surface area (Å²) in [4.78, 5) is 8.64. The number of methoxy groups -OCH3 is 2. The van der Waals surface area contributed by atoms with Gasteiger partial charge in [0.15, 0.2) is 17.1 Å². The van der Waals surface area contributed by atoms with Crippen molar-refractivity contribution < 1.29 is 9.47 Å². The average molecular weight is 354 g/mol. The molecule has 0 radical (unpaired) electrons. The SMILES string of the molecule is COc1ccc(-c2nn([C@@H]3CCCNC3)c3ncnc(N)c23)cc1OC. The monoisotopic (exact) mass is 354 g/mol. The number of nitrogens with one attached hydrogen (secondary N) is 1. The van der Waals surface area contributed by atoms with Gasteiger partial charge >= 0.3 is 0 Å². The molecule has 1 aliphatic heterocycles. The van der Waals surface area contributed by atoms with E-state index >= 15 is 0 Å². The van der Waals surface area contributed by atoms with Gasteiger partial charge < -0.3 is 20.5 Å². The van der Waals surface area contributed by atoms with Gasteiger partial charge in [0, 0.05) is 12.1 Å². The molecule has 0 unspecified atom stereocenters. The number of benzene rings is 1. The quantitative estimate of drug-likeness (QED) is 0.739. The van der Waals surface area contributed by atoms with Crippen molar-refractivity contribution in [3.8, 4) is 22.8 Å². The first-order valence-corrected chi connectivity index (χ1v) is 8.64. The molecule has 3 N–H and O–H groups in total. The fraction of sp³-hybridized carbons (Fsp3) is 0.389. The number of piperidine rings is 1. The van der Waals surface area contributed by atoms with Crippen LogP contribution in [-0.4, -0.2) is 47.1 Å². The zero-order valence-electron chi connectivity index (χ0n) is 14.9. The van der Waals surface area contributed by atoms with Crippen molar-refractivity contribution in [1.82, 2.24) is 25.1 Å². The molecular formula is C18H22N6O2. The van der Waals surface area contributed by atoms with Gasteiger partial charge in [0.1, 0.15) is 17.8 Å². The molecule has 4 rings (SSSR count). The number of hydrogen-bond donors (Lipinski definition) is 2. The molecule has 136 valence electrons. The van der Waals surface area contributed by atoms with Gasteiger partial charge in [0.25, 0.3) is 0 Å². The maximum absolute atomic E-state index is 6.19. The molecule has 8 heteroatoms. The lowest BCUT2D eigenvalue weighted by molar-refractivity contribution is 0.353. The molecule has 0 amide bonds. The Labute approximate surface area is 151 Å². The minimum atomic E-state index is 0.245. The van der Waals surface area contributed by atoms with Crippen LogP contribution >= 0.6 is 0 Å². The number of fused-ring (bicyclic) bond motifs is 1. The molecule has 0 bridgehead atoms. The van der Waals surface area contributed by atoms with Gasteiger partial charge in [-0.3, -0.25) is 0 Å². The number of anilines is 1. The Morgan fingerprint density at radius 3 is 2.77 bits per heavy atom. The minimum Gasteiger partial charge on any atom is -0.493 e. The second-order valence-electron chi connectivity index (χ2n) is 6.32. The Hall–Kier alpha value is -2.87. The summed E-state index contributed by atoms with van der Waals surface area (Å²) in [5.41, 5.74) is 8.59. The second kappa shape index (κ2) is 6.80. The lowest BCUT2D eigenvalue weighted by Crippen LogP contribution is -2.32. The van der Waals surface area contributed by atoms with Crippen LogP contribution < -0.4 is 20.5 Å². The van der Waals surface area contributed by atoms with Crippen LogP contribution in [-0.2, 0) is 0 Å².